The van der Waals surface area contributed by atoms with Crippen molar-refractivity contribution in [3.05, 3.63) is 64.9 Å². The van der Waals surface area contributed by atoms with Crippen molar-refractivity contribution in [1.82, 2.24) is 9.55 Å². The zero-order valence-corrected chi connectivity index (χ0v) is 18.2. The van der Waals surface area contributed by atoms with Crippen molar-refractivity contribution in [2.75, 3.05) is 13.7 Å². The zero-order valence-electron chi connectivity index (χ0n) is 16.6. The Kier molecular flexibility index (Phi) is 6.61. The van der Waals surface area contributed by atoms with Gasteiger partial charge in [0, 0.05) is 35.6 Å². The van der Waals surface area contributed by atoms with Crippen molar-refractivity contribution in [3.8, 4) is 5.75 Å². The molecule has 0 bridgehead atoms. The van der Waals surface area contributed by atoms with Crippen LogP contribution in [0.4, 0.5) is 0 Å². The van der Waals surface area contributed by atoms with E-state index in [9.17, 15) is 4.79 Å². The monoisotopic (exact) mass is 447 g/mol. The molecule has 1 atom stereocenters. The number of nitrogens with two attached hydrogens (primary N) is 1. The van der Waals surface area contributed by atoms with E-state index in [0.29, 0.717) is 29.5 Å². The summed E-state index contributed by atoms with van der Waals surface area (Å²) in [6.07, 6.45) is 2.67. The molecule has 0 saturated carbocycles. The summed E-state index contributed by atoms with van der Waals surface area (Å²) in [6.45, 7) is 0.332. The molecule has 0 unspecified atom stereocenters. The van der Waals surface area contributed by atoms with E-state index in [1.165, 1.54) is 12.5 Å². The van der Waals surface area contributed by atoms with Gasteiger partial charge in [0.2, 0.25) is 0 Å². The van der Waals surface area contributed by atoms with Crippen molar-refractivity contribution in [2.45, 2.75) is 12.5 Å². The molecule has 0 aliphatic heterocycles. The van der Waals surface area contributed by atoms with Crippen LogP contribution in [0.1, 0.15) is 16.1 Å². The standard InChI is InChI=1S/C22H22ClN3O3.ClH/c1-26-19(22(27)28-2)10-16-20(8-7-17(23)21(16)26)29-12-14(24)9-13-11-25-18-6-4-3-5-15(13)18;/h3-8,10-11,14,25H,9,12,24H2,1-2H3;1H/t14-;/m1./s1. The van der Waals surface area contributed by atoms with E-state index in [2.05, 4.69) is 11.1 Å². The Balaban J connectivity index is 0.00000256. The molecule has 6 nitrogen and oxygen atoms in total. The Morgan fingerprint density at radius 1 is 1.23 bits per heavy atom. The maximum atomic E-state index is 12.0. The number of hydrogen-bond donors (Lipinski definition) is 2. The molecule has 4 aromatic rings. The summed E-state index contributed by atoms with van der Waals surface area (Å²) in [5.41, 5.74) is 9.71. The average molecular weight is 448 g/mol. The third-order valence-corrected chi connectivity index (χ3v) is 5.42. The van der Waals surface area contributed by atoms with Crippen LogP contribution >= 0.6 is 24.0 Å². The van der Waals surface area contributed by atoms with Crippen LogP contribution in [0, 0.1) is 0 Å². The van der Waals surface area contributed by atoms with E-state index in [-0.39, 0.29) is 18.4 Å². The number of aromatic amines is 1. The van der Waals surface area contributed by atoms with Crippen LogP contribution in [0.15, 0.2) is 48.7 Å². The first-order chi connectivity index (χ1) is 14.0. The molecule has 8 heteroatoms. The van der Waals surface area contributed by atoms with Crippen LogP contribution in [0.3, 0.4) is 0 Å². The summed E-state index contributed by atoms with van der Waals surface area (Å²) in [6, 6.07) is 13.2. The first-order valence-corrected chi connectivity index (χ1v) is 9.67. The van der Waals surface area contributed by atoms with Crippen molar-refractivity contribution >= 4 is 51.8 Å². The van der Waals surface area contributed by atoms with Gasteiger partial charge in [-0.2, -0.15) is 0 Å². The van der Waals surface area contributed by atoms with Crippen LogP contribution < -0.4 is 10.5 Å². The van der Waals surface area contributed by atoms with Crippen molar-refractivity contribution in [1.29, 1.82) is 0 Å². The van der Waals surface area contributed by atoms with Gasteiger partial charge in [-0.05, 0) is 36.2 Å². The van der Waals surface area contributed by atoms with E-state index in [1.54, 1.807) is 29.8 Å². The number of ether oxygens (including phenoxy) is 2. The molecule has 0 aliphatic rings. The van der Waals surface area contributed by atoms with Crippen LogP contribution in [0.5, 0.6) is 5.75 Å². The lowest BCUT2D eigenvalue weighted by Gasteiger charge is -2.14. The topological polar surface area (TPSA) is 82.3 Å². The number of carbonyl (C=O) groups excluding carboxylic acids is 1. The Morgan fingerprint density at radius 2 is 2.00 bits per heavy atom. The lowest BCUT2D eigenvalue weighted by Crippen LogP contribution is -2.30. The van der Waals surface area contributed by atoms with Crippen molar-refractivity contribution < 1.29 is 14.3 Å². The van der Waals surface area contributed by atoms with Crippen LogP contribution in [0.2, 0.25) is 5.02 Å². The van der Waals surface area contributed by atoms with Gasteiger partial charge in [-0.15, -0.1) is 12.4 Å². The predicted molar refractivity (Wildman–Crippen MR) is 122 cm³/mol. The summed E-state index contributed by atoms with van der Waals surface area (Å²) in [5.74, 6) is 0.200. The number of aryl methyl sites for hydroxylation is 1. The number of rotatable bonds is 6. The molecule has 0 spiro atoms. The molecule has 2 aromatic heterocycles. The molecule has 158 valence electrons. The number of hydrogen-bond acceptors (Lipinski definition) is 4. The number of H-pyrrole nitrogens is 1. The molecule has 2 aromatic carbocycles. The number of nitrogens with one attached hydrogen (secondary N) is 1. The number of benzene rings is 2. The number of halogens is 2. The normalized spacial score (nSPS) is 12.0. The molecule has 0 amide bonds. The Bertz CT molecular complexity index is 1200. The number of fused-ring (bicyclic) bond motifs is 2. The highest BCUT2D eigenvalue weighted by molar-refractivity contribution is 6.35. The summed E-state index contributed by atoms with van der Waals surface area (Å²) >= 11 is 6.35. The SMILES string of the molecule is COC(=O)c1cc2c(OC[C@H](N)Cc3c[nH]c4ccccc34)ccc(Cl)c2n1C.Cl. The van der Waals surface area contributed by atoms with Gasteiger partial charge in [0.05, 0.1) is 17.6 Å². The van der Waals surface area contributed by atoms with Gasteiger partial charge >= 0.3 is 5.97 Å². The minimum Gasteiger partial charge on any atom is -0.491 e. The molecule has 0 saturated heterocycles. The number of para-hydroxylation sites is 1. The van der Waals surface area contributed by atoms with E-state index in [1.807, 2.05) is 24.4 Å². The molecule has 0 radical (unpaired) electrons. The second-order valence-electron chi connectivity index (χ2n) is 7.02. The molecule has 30 heavy (non-hydrogen) atoms. The lowest BCUT2D eigenvalue weighted by atomic mass is 10.1. The maximum Gasteiger partial charge on any atom is 0.354 e. The first-order valence-electron chi connectivity index (χ1n) is 9.29. The number of carbonyl (C=O) groups is 1. The highest BCUT2D eigenvalue weighted by atomic mass is 35.5. The summed E-state index contributed by atoms with van der Waals surface area (Å²) in [5, 5.41) is 2.45. The lowest BCUT2D eigenvalue weighted by molar-refractivity contribution is 0.0590. The Hall–Kier alpha value is -2.67. The van der Waals surface area contributed by atoms with E-state index in [0.717, 1.165) is 22.0 Å². The molecular formula is C22H23Cl2N3O3. The van der Waals surface area contributed by atoms with Crippen molar-refractivity contribution in [2.24, 2.45) is 12.8 Å². The Labute approximate surface area is 185 Å². The fourth-order valence-electron chi connectivity index (χ4n) is 3.66. The quantitative estimate of drug-likeness (QED) is 0.427. The molecule has 0 fully saturated rings. The van der Waals surface area contributed by atoms with Gasteiger partial charge < -0.3 is 24.8 Å². The second kappa shape index (κ2) is 9.00. The van der Waals surface area contributed by atoms with Gasteiger partial charge in [-0.1, -0.05) is 29.8 Å². The van der Waals surface area contributed by atoms with Gasteiger partial charge in [-0.3, -0.25) is 0 Å². The molecular weight excluding hydrogens is 425 g/mol. The number of nitrogens with zero attached hydrogens (tertiary/aromatic N) is 1. The van der Waals surface area contributed by atoms with Gasteiger partial charge in [0.15, 0.2) is 0 Å². The summed E-state index contributed by atoms with van der Waals surface area (Å²) in [7, 11) is 3.12. The van der Waals surface area contributed by atoms with Gasteiger partial charge in [0.25, 0.3) is 0 Å². The fraction of sp³-hybridized carbons (Fsp3) is 0.227. The summed E-state index contributed by atoms with van der Waals surface area (Å²) in [4.78, 5) is 15.3. The van der Waals surface area contributed by atoms with Gasteiger partial charge in [-0.25, -0.2) is 4.79 Å². The minimum absolute atomic E-state index is 0. The van der Waals surface area contributed by atoms with Crippen LogP contribution in [-0.4, -0.2) is 35.3 Å². The van der Waals surface area contributed by atoms with E-state index < -0.39 is 5.97 Å². The Morgan fingerprint density at radius 3 is 2.77 bits per heavy atom. The van der Waals surface area contributed by atoms with Gasteiger partial charge in [0.1, 0.15) is 18.1 Å². The highest BCUT2D eigenvalue weighted by Gasteiger charge is 2.19. The third kappa shape index (κ3) is 3.99. The summed E-state index contributed by atoms with van der Waals surface area (Å²) < 4.78 is 12.6. The third-order valence-electron chi connectivity index (χ3n) is 5.11. The van der Waals surface area contributed by atoms with E-state index in [4.69, 9.17) is 26.8 Å². The average Bonchev–Trinajstić information content (AvgIpc) is 3.29. The largest absolute Gasteiger partial charge is 0.491 e. The van der Waals surface area contributed by atoms with Crippen LogP contribution in [-0.2, 0) is 18.2 Å². The second-order valence-corrected chi connectivity index (χ2v) is 7.43. The van der Waals surface area contributed by atoms with Crippen LogP contribution in [0.25, 0.3) is 21.8 Å². The molecule has 2 heterocycles. The fourth-order valence-corrected chi connectivity index (χ4v) is 3.95. The maximum absolute atomic E-state index is 12.0. The smallest absolute Gasteiger partial charge is 0.354 e. The predicted octanol–water partition coefficient (Wildman–Crippen LogP) is 4.47. The molecule has 0 aliphatic carbocycles. The molecule has 4 rings (SSSR count). The number of methoxy groups -OCH3 is 1. The number of esters is 1. The van der Waals surface area contributed by atoms with Crippen molar-refractivity contribution in [3.63, 3.8) is 0 Å². The minimum atomic E-state index is -0.429. The molecule has 3 N–H and O–H groups in total. The number of aromatic nitrogens is 2. The van der Waals surface area contributed by atoms with E-state index >= 15 is 0 Å². The first kappa shape index (κ1) is 22.0. The zero-order chi connectivity index (χ0) is 20.5. The highest BCUT2D eigenvalue weighted by Crippen LogP contribution is 2.34.